The molecule has 0 N–H and O–H groups in total. The molecule has 0 amide bonds. The molecule has 7 aromatic rings. The molecule has 5 heteroatoms. The fraction of sp³-hybridized carbons (Fsp3) is 0.314. The average Bonchev–Trinajstić information content (AvgIpc) is 3.23. The predicted molar refractivity (Wildman–Crippen MR) is 165 cm³/mol. The Bertz CT molecular complexity index is 2120. The van der Waals surface area contributed by atoms with Crippen LogP contribution in [0.3, 0.4) is 0 Å². The van der Waals surface area contributed by atoms with Crippen molar-refractivity contribution in [3.63, 3.8) is 0 Å². The van der Waals surface area contributed by atoms with Gasteiger partial charge >= 0.3 is 0 Å². The Morgan fingerprint density at radius 2 is 1.38 bits per heavy atom. The number of hydrogen-bond donors (Lipinski definition) is 0. The number of para-hydroxylation sites is 1. The first kappa shape index (κ1) is 24.9. The molecule has 3 aromatic carbocycles. The van der Waals surface area contributed by atoms with Crippen molar-refractivity contribution in [3.05, 3.63) is 77.5 Å². The van der Waals surface area contributed by atoms with Crippen LogP contribution in [0.2, 0.25) is 0 Å². The topological polar surface area (TPSA) is 47.0 Å². The molecular weight excluding hydrogens is 490 g/mol. The molecule has 0 spiro atoms. The lowest BCUT2D eigenvalue weighted by atomic mass is 9.92. The Kier molecular flexibility index (Phi) is 4.96. The van der Waals surface area contributed by atoms with Gasteiger partial charge in [-0.1, -0.05) is 71.9 Å². The smallest absolute Gasteiger partial charge is 0.224 e. The Morgan fingerprint density at radius 3 is 2.05 bits per heavy atom. The van der Waals surface area contributed by atoms with Crippen molar-refractivity contribution >= 4 is 49.0 Å². The van der Waals surface area contributed by atoms with Crippen molar-refractivity contribution in [1.29, 1.82) is 0 Å². The van der Waals surface area contributed by atoms with Crippen molar-refractivity contribution in [2.75, 3.05) is 0 Å². The van der Waals surface area contributed by atoms with Gasteiger partial charge < -0.3 is 4.40 Å². The molecule has 0 bridgehead atoms. The SMILES string of the molecule is Cc1ccc2c3cccc(C)c3n3c4cc(-c5nc(C(C)(C)C)nc(C(C)(C)C)n5)cc5cc[n+](C)c(c1c23)c54. The molecule has 0 radical (unpaired) electrons. The van der Waals surface area contributed by atoms with E-state index in [-0.39, 0.29) is 10.8 Å². The van der Waals surface area contributed by atoms with Gasteiger partial charge in [0.15, 0.2) is 12.0 Å². The number of hydrogen-bond acceptors (Lipinski definition) is 3. The summed E-state index contributed by atoms with van der Waals surface area (Å²) in [6.07, 6.45) is 2.18. The second-order valence-corrected chi connectivity index (χ2v) is 13.5. The van der Waals surface area contributed by atoms with Crippen molar-refractivity contribution < 1.29 is 4.57 Å². The van der Waals surface area contributed by atoms with E-state index in [1.54, 1.807) is 0 Å². The minimum Gasteiger partial charge on any atom is -0.307 e. The van der Waals surface area contributed by atoms with Crippen molar-refractivity contribution in [2.45, 2.75) is 66.2 Å². The highest BCUT2D eigenvalue weighted by Crippen LogP contribution is 2.42. The van der Waals surface area contributed by atoms with E-state index in [0.29, 0.717) is 0 Å². The molecule has 0 atom stereocenters. The number of aromatic nitrogens is 5. The summed E-state index contributed by atoms with van der Waals surface area (Å²) < 4.78 is 4.78. The second kappa shape index (κ2) is 7.97. The van der Waals surface area contributed by atoms with Crippen molar-refractivity contribution in [1.82, 2.24) is 19.4 Å². The van der Waals surface area contributed by atoms with Crippen LogP contribution in [0.1, 0.15) is 64.3 Å². The standard InChI is InChI=1S/C35H36N5/c1-19-13-14-24-23-12-10-11-20(2)28(23)40-25-18-22(17-21-15-16-39(9)30(27(21)25)26(19)29(24)40)31-36-32(34(3,4)5)38-33(37-31)35(6,7)8/h10-18H,1-9H3/q+1. The quantitative estimate of drug-likeness (QED) is 0.124. The summed E-state index contributed by atoms with van der Waals surface area (Å²) in [5, 5.41) is 6.34. The van der Waals surface area contributed by atoms with Gasteiger partial charge in [0.2, 0.25) is 5.52 Å². The lowest BCUT2D eigenvalue weighted by Gasteiger charge is -2.23. The van der Waals surface area contributed by atoms with Gasteiger partial charge in [-0.05, 0) is 42.5 Å². The van der Waals surface area contributed by atoms with Gasteiger partial charge in [0.25, 0.3) is 0 Å². The molecule has 7 rings (SSSR count). The first-order valence-electron chi connectivity index (χ1n) is 14.1. The third kappa shape index (κ3) is 3.39. The van der Waals surface area contributed by atoms with Crippen LogP contribution >= 0.6 is 0 Å². The number of nitrogens with zero attached hydrogens (tertiary/aromatic N) is 5. The molecule has 4 aromatic heterocycles. The van der Waals surface area contributed by atoms with Gasteiger partial charge in [-0.3, -0.25) is 0 Å². The third-order valence-corrected chi connectivity index (χ3v) is 8.29. The highest BCUT2D eigenvalue weighted by atomic mass is 15.1. The van der Waals surface area contributed by atoms with Gasteiger partial charge in [-0.2, -0.15) is 0 Å². The van der Waals surface area contributed by atoms with Crippen LogP contribution < -0.4 is 4.57 Å². The van der Waals surface area contributed by atoms with E-state index in [2.05, 4.69) is 126 Å². The number of fused-ring (bicyclic) bond motifs is 5. The Morgan fingerprint density at radius 1 is 0.700 bits per heavy atom. The number of rotatable bonds is 1. The third-order valence-electron chi connectivity index (χ3n) is 8.29. The van der Waals surface area contributed by atoms with Crippen LogP contribution in [0.15, 0.2) is 54.7 Å². The minimum atomic E-state index is -0.194. The molecule has 0 unspecified atom stereocenters. The van der Waals surface area contributed by atoms with E-state index in [4.69, 9.17) is 15.0 Å². The lowest BCUT2D eigenvalue weighted by Crippen LogP contribution is -2.29. The monoisotopic (exact) mass is 526 g/mol. The maximum absolute atomic E-state index is 5.07. The Hall–Kier alpha value is -4.12. The van der Waals surface area contributed by atoms with Crippen molar-refractivity contribution in [3.8, 4) is 11.4 Å². The second-order valence-electron chi connectivity index (χ2n) is 13.5. The first-order chi connectivity index (χ1) is 18.8. The summed E-state index contributed by atoms with van der Waals surface area (Å²) in [6, 6.07) is 18.0. The maximum atomic E-state index is 5.07. The van der Waals surface area contributed by atoms with E-state index in [0.717, 1.165) is 23.0 Å². The van der Waals surface area contributed by atoms with Crippen LogP contribution in [0.5, 0.6) is 0 Å². The molecule has 40 heavy (non-hydrogen) atoms. The summed E-state index contributed by atoms with van der Waals surface area (Å²) in [6.45, 7) is 17.4. The van der Waals surface area contributed by atoms with Gasteiger partial charge in [-0.15, -0.1) is 0 Å². The fourth-order valence-electron chi connectivity index (χ4n) is 6.23. The molecular formula is C35H36N5+. The summed E-state index contributed by atoms with van der Waals surface area (Å²) in [7, 11) is 2.16. The minimum absolute atomic E-state index is 0.194. The van der Waals surface area contributed by atoms with E-state index < -0.39 is 0 Å². The number of pyridine rings is 2. The predicted octanol–water partition coefficient (Wildman–Crippen LogP) is 7.88. The average molecular weight is 527 g/mol. The largest absolute Gasteiger partial charge is 0.307 e. The Balaban J connectivity index is 1.72. The fourth-order valence-corrected chi connectivity index (χ4v) is 6.23. The van der Waals surface area contributed by atoms with Gasteiger partial charge in [0.1, 0.15) is 18.7 Å². The molecule has 0 aliphatic heterocycles. The first-order valence-corrected chi connectivity index (χ1v) is 14.1. The zero-order valence-corrected chi connectivity index (χ0v) is 24.9. The lowest BCUT2D eigenvalue weighted by molar-refractivity contribution is -0.643. The van der Waals surface area contributed by atoms with Crippen LogP contribution in [0.4, 0.5) is 0 Å². The van der Waals surface area contributed by atoms with Gasteiger partial charge in [-0.25, -0.2) is 19.5 Å². The Labute approximate surface area is 234 Å². The normalized spacial score (nSPS) is 13.1. The van der Waals surface area contributed by atoms with Gasteiger partial charge in [0.05, 0.1) is 27.3 Å². The summed E-state index contributed by atoms with van der Waals surface area (Å²) >= 11 is 0. The van der Waals surface area contributed by atoms with E-state index >= 15 is 0 Å². The molecule has 4 heterocycles. The van der Waals surface area contributed by atoms with E-state index in [1.165, 1.54) is 60.1 Å². The summed E-state index contributed by atoms with van der Waals surface area (Å²) in [4.78, 5) is 15.1. The van der Waals surface area contributed by atoms with Crippen LogP contribution in [0.25, 0.3) is 60.4 Å². The highest BCUT2D eigenvalue weighted by Gasteiger charge is 2.28. The van der Waals surface area contributed by atoms with Crippen molar-refractivity contribution in [2.24, 2.45) is 7.05 Å². The molecule has 0 saturated carbocycles. The van der Waals surface area contributed by atoms with Crippen LogP contribution in [-0.4, -0.2) is 19.4 Å². The molecule has 0 fully saturated rings. The molecule has 0 aliphatic rings. The van der Waals surface area contributed by atoms with E-state index in [1.807, 2.05) is 0 Å². The highest BCUT2D eigenvalue weighted by molar-refractivity contribution is 6.26. The molecule has 200 valence electrons. The zero-order chi connectivity index (χ0) is 28.3. The van der Waals surface area contributed by atoms with Gasteiger partial charge in [0, 0.05) is 33.2 Å². The molecule has 5 nitrogen and oxygen atoms in total. The number of aryl methyl sites for hydroxylation is 3. The van der Waals surface area contributed by atoms with Crippen LogP contribution in [-0.2, 0) is 17.9 Å². The maximum Gasteiger partial charge on any atom is 0.224 e. The van der Waals surface area contributed by atoms with Crippen LogP contribution in [0, 0.1) is 13.8 Å². The number of benzene rings is 3. The summed E-state index contributed by atoms with van der Waals surface area (Å²) in [5.74, 6) is 2.38. The zero-order valence-electron chi connectivity index (χ0n) is 24.9. The molecule has 0 saturated heterocycles. The molecule has 0 aliphatic carbocycles. The van der Waals surface area contributed by atoms with E-state index in [9.17, 15) is 0 Å². The summed E-state index contributed by atoms with van der Waals surface area (Å²) in [5.41, 5.74) is 8.16.